The lowest BCUT2D eigenvalue weighted by Gasteiger charge is -2.15. The molecule has 0 bridgehead atoms. The predicted molar refractivity (Wildman–Crippen MR) is 113 cm³/mol. The van der Waals surface area contributed by atoms with E-state index in [1.807, 2.05) is 25.1 Å². The third-order valence-corrected chi connectivity index (χ3v) is 4.70. The van der Waals surface area contributed by atoms with Crippen molar-refractivity contribution in [3.05, 3.63) is 47.1 Å². The molecule has 2 nitrogen and oxygen atoms in total. The largest absolute Gasteiger partial charge is 0.423 e. The van der Waals surface area contributed by atoms with Gasteiger partial charge in [0.15, 0.2) is 0 Å². The molecule has 0 saturated heterocycles. The van der Waals surface area contributed by atoms with E-state index in [-0.39, 0.29) is 5.97 Å². The first-order valence-corrected chi connectivity index (χ1v) is 10.1. The highest BCUT2D eigenvalue weighted by Gasteiger charge is 2.14. The predicted octanol–water partition coefficient (Wildman–Crippen LogP) is 7.19. The summed E-state index contributed by atoms with van der Waals surface area (Å²) in [6, 6.07) is 3.94. The molecule has 0 saturated carbocycles. The van der Waals surface area contributed by atoms with Crippen LogP contribution in [-0.4, -0.2) is 5.97 Å². The zero-order chi connectivity index (χ0) is 19.4. The lowest BCUT2D eigenvalue weighted by molar-refractivity contribution is -0.130. The summed E-state index contributed by atoms with van der Waals surface area (Å²) in [6.45, 7) is 11.7. The first-order valence-electron chi connectivity index (χ1n) is 10.1. The number of ether oxygens (including phenoxy) is 1. The lowest BCUT2D eigenvalue weighted by atomic mass is 9.95. The molecule has 144 valence electrons. The maximum atomic E-state index is 12.0. The summed E-state index contributed by atoms with van der Waals surface area (Å²) in [7, 11) is 0. The Hall–Kier alpha value is -1.83. The molecule has 0 atom stereocenters. The van der Waals surface area contributed by atoms with Gasteiger partial charge in [-0.3, -0.25) is 0 Å². The second-order valence-corrected chi connectivity index (χ2v) is 7.17. The van der Waals surface area contributed by atoms with E-state index in [4.69, 9.17) is 4.74 Å². The van der Waals surface area contributed by atoms with Crippen LogP contribution < -0.4 is 4.74 Å². The van der Waals surface area contributed by atoms with E-state index in [2.05, 4.69) is 26.5 Å². The van der Waals surface area contributed by atoms with Crippen LogP contribution in [0.15, 0.2) is 30.4 Å². The van der Waals surface area contributed by atoms with Gasteiger partial charge in [-0.15, -0.1) is 0 Å². The van der Waals surface area contributed by atoms with Crippen molar-refractivity contribution < 1.29 is 9.53 Å². The molecule has 0 radical (unpaired) electrons. The number of rotatable bonds is 12. The molecule has 26 heavy (non-hydrogen) atoms. The van der Waals surface area contributed by atoms with Gasteiger partial charge in [-0.2, -0.15) is 0 Å². The molecule has 0 N–H and O–H groups in total. The standard InChI is InChI=1S/C24H36O2/c1-6-8-9-10-11-12-13-14-16-22-21(15-7-2)20(5)17-18-23(22)26-24(25)19(3)4/h7,15,17-18H,3,6,8-14,16H2,1-2,4-5H3. The molecule has 0 unspecified atom stereocenters. The van der Waals surface area contributed by atoms with Gasteiger partial charge in [-0.25, -0.2) is 4.79 Å². The van der Waals surface area contributed by atoms with E-state index in [1.54, 1.807) is 6.92 Å². The molecule has 1 aromatic carbocycles. The first kappa shape index (κ1) is 22.2. The van der Waals surface area contributed by atoms with Crippen molar-refractivity contribution in [3.63, 3.8) is 0 Å². The quantitative estimate of drug-likeness (QED) is 0.171. The number of carbonyl (C=O) groups is 1. The molecule has 0 spiro atoms. The summed E-state index contributed by atoms with van der Waals surface area (Å²) in [5.74, 6) is 0.331. The average molecular weight is 357 g/mol. The Morgan fingerprint density at radius 1 is 1.08 bits per heavy atom. The summed E-state index contributed by atoms with van der Waals surface area (Å²) < 4.78 is 5.60. The minimum absolute atomic E-state index is 0.350. The number of allylic oxidation sites excluding steroid dienone is 1. The van der Waals surface area contributed by atoms with Crippen LogP contribution in [0.5, 0.6) is 5.75 Å². The van der Waals surface area contributed by atoms with E-state index >= 15 is 0 Å². The normalized spacial score (nSPS) is 11.1. The van der Waals surface area contributed by atoms with Crippen molar-refractivity contribution >= 4 is 12.0 Å². The summed E-state index contributed by atoms with van der Waals surface area (Å²) >= 11 is 0. The Balaban J connectivity index is 2.74. The lowest BCUT2D eigenvalue weighted by Crippen LogP contribution is -2.11. The zero-order valence-electron chi connectivity index (χ0n) is 17.2. The number of esters is 1. The van der Waals surface area contributed by atoms with Crippen LogP contribution in [0.3, 0.4) is 0 Å². The van der Waals surface area contributed by atoms with Crippen molar-refractivity contribution in [1.82, 2.24) is 0 Å². The van der Waals surface area contributed by atoms with Crippen LogP contribution >= 0.6 is 0 Å². The van der Waals surface area contributed by atoms with Crippen LogP contribution in [0.25, 0.3) is 6.08 Å². The summed E-state index contributed by atoms with van der Waals surface area (Å²) in [5.41, 5.74) is 3.97. The number of aryl methyl sites for hydroxylation is 1. The van der Waals surface area contributed by atoms with Crippen LogP contribution in [0.1, 0.15) is 88.8 Å². The molecule has 0 aliphatic heterocycles. The Labute approximate surface area is 160 Å². The molecule has 0 heterocycles. The van der Waals surface area contributed by atoms with Crippen molar-refractivity contribution in [1.29, 1.82) is 0 Å². The van der Waals surface area contributed by atoms with E-state index in [1.165, 1.54) is 56.1 Å². The monoisotopic (exact) mass is 356 g/mol. The maximum Gasteiger partial charge on any atom is 0.338 e. The first-order chi connectivity index (χ1) is 12.5. The van der Waals surface area contributed by atoms with Gasteiger partial charge in [0.1, 0.15) is 5.75 Å². The Morgan fingerprint density at radius 3 is 2.27 bits per heavy atom. The summed E-state index contributed by atoms with van der Waals surface area (Å²) in [5, 5.41) is 0. The van der Waals surface area contributed by atoms with E-state index in [9.17, 15) is 4.79 Å². The maximum absolute atomic E-state index is 12.0. The second-order valence-electron chi connectivity index (χ2n) is 7.17. The zero-order valence-corrected chi connectivity index (χ0v) is 17.2. The van der Waals surface area contributed by atoms with Gasteiger partial charge in [-0.1, -0.05) is 76.7 Å². The minimum atomic E-state index is -0.350. The summed E-state index contributed by atoms with van der Waals surface area (Å²) in [4.78, 5) is 12.0. The number of carbonyl (C=O) groups excluding carboxylic acids is 1. The molecule has 0 aliphatic rings. The third-order valence-electron chi connectivity index (χ3n) is 4.70. The smallest absolute Gasteiger partial charge is 0.338 e. The van der Waals surface area contributed by atoms with Crippen LogP contribution in [0.4, 0.5) is 0 Å². The number of hydrogen-bond acceptors (Lipinski definition) is 2. The van der Waals surface area contributed by atoms with Crippen LogP contribution in [-0.2, 0) is 11.2 Å². The molecular weight excluding hydrogens is 320 g/mol. The fourth-order valence-electron chi connectivity index (χ4n) is 3.14. The molecule has 0 aliphatic carbocycles. The van der Waals surface area contributed by atoms with E-state index < -0.39 is 0 Å². The molecule has 2 heteroatoms. The SMILES string of the molecule is C=C(C)C(=O)Oc1ccc(C)c(C=CC)c1CCCCCCCCCC. The molecule has 0 aromatic heterocycles. The van der Waals surface area contributed by atoms with Gasteiger partial charge >= 0.3 is 5.97 Å². The molecule has 0 fully saturated rings. The van der Waals surface area contributed by atoms with E-state index in [0.717, 1.165) is 18.4 Å². The fourth-order valence-corrected chi connectivity index (χ4v) is 3.14. The number of benzene rings is 1. The highest BCUT2D eigenvalue weighted by molar-refractivity contribution is 5.89. The molecule has 1 aromatic rings. The van der Waals surface area contributed by atoms with Crippen LogP contribution in [0.2, 0.25) is 0 Å². The van der Waals surface area contributed by atoms with E-state index in [0.29, 0.717) is 11.3 Å². The van der Waals surface area contributed by atoms with Gasteiger partial charge in [0.05, 0.1) is 0 Å². The molecule has 1 rings (SSSR count). The van der Waals surface area contributed by atoms with Crippen molar-refractivity contribution in [2.75, 3.05) is 0 Å². The van der Waals surface area contributed by atoms with Gasteiger partial charge in [0.25, 0.3) is 0 Å². The highest BCUT2D eigenvalue weighted by Crippen LogP contribution is 2.29. The second kappa shape index (κ2) is 12.5. The summed E-state index contributed by atoms with van der Waals surface area (Å²) in [6.07, 6.45) is 15.4. The van der Waals surface area contributed by atoms with Crippen molar-refractivity contribution in [3.8, 4) is 5.75 Å². The van der Waals surface area contributed by atoms with Crippen molar-refractivity contribution in [2.45, 2.75) is 85.5 Å². The highest BCUT2D eigenvalue weighted by atomic mass is 16.5. The fraction of sp³-hybridized carbons (Fsp3) is 0.542. The van der Waals surface area contributed by atoms with Gasteiger partial charge in [-0.05, 0) is 50.8 Å². The van der Waals surface area contributed by atoms with Gasteiger partial charge in [0, 0.05) is 11.1 Å². The van der Waals surface area contributed by atoms with Gasteiger partial charge in [0.2, 0.25) is 0 Å². The van der Waals surface area contributed by atoms with Gasteiger partial charge < -0.3 is 4.74 Å². The third kappa shape index (κ3) is 7.59. The Kier molecular flexibility index (Phi) is 10.7. The Morgan fingerprint density at radius 2 is 1.69 bits per heavy atom. The number of hydrogen-bond donors (Lipinski definition) is 0. The molecular formula is C24H36O2. The topological polar surface area (TPSA) is 26.3 Å². The minimum Gasteiger partial charge on any atom is -0.423 e. The number of unbranched alkanes of at least 4 members (excludes halogenated alkanes) is 7. The molecule has 0 amide bonds. The average Bonchev–Trinajstić information content (AvgIpc) is 2.61. The van der Waals surface area contributed by atoms with Crippen molar-refractivity contribution in [2.24, 2.45) is 0 Å². The van der Waals surface area contributed by atoms with Crippen LogP contribution in [0, 0.1) is 6.92 Å². The Bertz CT molecular complexity index is 611.